The number of carbonyl (C=O) groups is 1. The zero-order valence-electron chi connectivity index (χ0n) is 16.9. The van der Waals surface area contributed by atoms with Crippen LogP contribution >= 0.6 is 11.6 Å². The minimum Gasteiger partial charge on any atom is -0.497 e. The van der Waals surface area contributed by atoms with E-state index in [2.05, 4.69) is 5.10 Å². The average Bonchev–Trinajstić information content (AvgIpc) is 2.98. The van der Waals surface area contributed by atoms with Gasteiger partial charge in [0, 0.05) is 11.1 Å². The van der Waals surface area contributed by atoms with E-state index in [0.29, 0.717) is 22.9 Å². The lowest BCUT2D eigenvalue weighted by molar-refractivity contribution is 0.104. The molecule has 29 heavy (non-hydrogen) atoms. The molecule has 3 aromatic rings. The number of ether oxygens (including phenoxy) is 2. The number of hydrogen-bond acceptors (Lipinski definition) is 4. The first kappa shape index (κ1) is 20.7. The van der Waals surface area contributed by atoms with Crippen LogP contribution in [0.5, 0.6) is 11.5 Å². The van der Waals surface area contributed by atoms with Crippen molar-refractivity contribution >= 4 is 23.5 Å². The molecule has 0 N–H and O–H groups in total. The van der Waals surface area contributed by atoms with Crippen LogP contribution in [0, 0.1) is 13.8 Å². The minimum atomic E-state index is -0.0911. The Morgan fingerprint density at radius 1 is 1.14 bits per heavy atom. The number of rotatable bonds is 7. The molecule has 0 unspecified atom stereocenters. The number of methoxy groups -OCH3 is 2. The fraction of sp³-hybridized carbons (Fsp3) is 0.217. The Labute approximate surface area is 175 Å². The Kier molecular flexibility index (Phi) is 6.39. The highest BCUT2D eigenvalue weighted by atomic mass is 35.5. The smallest absolute Gasteiger partial charge is 0.185 e. The molecule has 1 aromatic heterocycles. The highest BCUT2D eigenvalue weighted by Crippen LogP contribution is 2.25. The van der Waals surface area contributed by atoms with Crippen molar-refractivity contribution in [3.05, 3.63) is 81.6 Å². The van der Waals surface area contributed by atoms with Crippen molar-refractivity contribution in [2.45, 2.75) is 20.4 Å². The van der Waals surface area contributed by atoms with E-state index in [1.54, 1.807) is 44.6 Å². The summed E-state index contributed by atoms with van der Waals surface area (Å²) in [5.41, 5.74) is 4.12. The van der Waals surface area contributed by atoms with Crippen LogP contribution in [0.25, 0.3) is 6.08 Å². The van der Waals surface area contributed by atoms with Crippen molar-refractivity contribution in [1.29, 1.82) is 0 Å². The molecule has 2 aromatic carbocycles. The Morgan fingerprint density at radius 3 is 2.59 bits per heavy atom. The molecule has 0 bridgehead atoms. The molecule has 0 amide bonds. The van der Waals surface area contributed by atoms with Gasteiger partial charge in [0.2, 0.25) is 0 Å². The van der Waals surface area contributed by atoms with E-state index >= 15 is 0 Å². The summed E-state index contributed by atoms with van der Waals surface area (Å²) in [4.78, 5) is 12.5. The summed E-state index contributed by atoms with van der Waals surface area (Å²) >= 11 is 6.26. The van der Waals surface area contributed by atoms with Gasteiger partial charge in [-0.05, 0) is 49.8 Å². The number of carbonyl (C=O) groups excluding carboxylic acids is 1. The van der Waals surface area contributed by atoms with E-state index in [4.69, 9.17) is 21.1 Å². The van der Waals surface area contributed by atoms with Crippen LogP contribution in [0.1, 0.15) is 32.9 Å². The third-order valence-corrected chi connectivity index (χ3v) is 5.25. The Morgan fingerprint density at radius 2 is 1.93 bits per heavy atom. The van der Waals surface area contributed by atoms with Crippen LogP contribution in [0.4, 0.5) is 0 Å². The Bertz CT molecular complexity index is 1070. The lowest BCUT2D eigenvalue weighted by atomic mass is 10.1. The van der Waals surface area contributed by atoms with Crippen molar-refractivity contribution in [3.63, 3.8) is 0 Å². The van der Waals surface area contributed by atoms with Crippen molar-refractivity contribution < 1.29 is 14.3 Å². The third kappa shape index (κ3) is 4.69. The van der Waals surface area contributed by atoms with Gasteiger partial charge in [0.25, 0.3) is 0 Å². The molecule has 0 saturated carbocycles. The summed E-state index contributed by atoms with van der Waals surface area (Å²) in [7, 11) is 3.21. The second kappa shape index (κ2) is 8.97. The molecule has 0 fully saturated rings. The summed E-state index contributed by atoms with van der Waals surface area (Å²) in [6.07, 6.45) is 3.35. The molecule has 0 radical (unpaired) electrons. The van der Waals surface area contributed by atoms with Gasteiger partial charge in [-0.15, -0.1) is 0 Å². The van der Waals surface area contributed by atoms with Crippen molar-refractivity contribution in [2.24, 2.45) is 0 Å². The van der Waals surface area contributed by atoms with Crippen molar-refractivity contribution in [1.82, 2.24) is 9.78 Å². The van der Waals surface area contributed by atoms with Gasteiger partial charge in [0.15, 0.2) is 5.78 Å². The normalized spacial score (nSPS) is 11.1. The predicted molar refractivity (Wildman–Crippen MR) is 115 cm³/mol. The molecule has 0 aliphatic rings. The molecule has 0 spiro atoms. The van der Waals surface area contributed by atoms with Gasteiger partial charge in [-0.2, -0.15) is 5.10 Å². The number of halogens is 1. The van der Waals surface area contributed by atoms with Gasteiger partial charge in [0.05, 0.1) is 37.2 Å². The number of benzene rings is 2. The van der Waals surface area contributed by atoms with Crippen LogP contribution < -0.4 is 9.47 Å². The Hall–Kier alpha value is -3.05. The number of aromatic nitrogens is 2. The number of aryl methyl sites for hydroxylation is 1. The van der Waals surface area contributed by atoms with E-state index in [0.717, 1.165) is 28.3 Å². The predicted octanol–water partition coefficient (Wildman–Crippen LogP) is 5.11. The van der Waals surface area contributed by atoms with Crippen molar-refractivity contribution in [3.8, 4) is 11.5 Å². The molecular formula is C23H23ClN2O3. The highest BCUT2D eigenvalue weighted by molar-refractivity contribution is 6.31. The number of allylic oxidation sites excluding steroid dienone is 1. The lowest BCUT2D eigenvalue weighted by Gasteiger charge is -2.11. The van der Waals surface area contributed by atoms with Gasteiger partial charge in [0.1, 0.15) is 11.5 Å². The van der Waals surface area contributed by atoms with E-state index in [-0.39, 0.29) is 5.78 Å². The van der Waals surface area contributed by atoms with Gasteiger partial charge in [-0.3, -0.25) is 9.48 Å². The lowest BCUT2D eigenvalue weighted by Crippen LogP contribution is -2.06. The van der Waals surface area contributed by atoms with Crippen LogP contribution in [-0.4, -0.2) is 29.8 Å². The fourth-order valence-corrected chi connectivity index (χ4v) is 3.20. The van der Waals surface area contributed by atoms with E-state index < -0.39 is 0 Å². The number of ketones is 1. The van der Waals surface area contributed by atoms with E-state index in [1.165, 1.54) is 0 Å². The molecule has 0 aliphatic carbocycles. The van der Waals surface area contributed by atoms with E-state index in [1.807, 2.05) is 42.8 Å². The highest BCUT2D eigenvalue weighted by Gasteiger charge is 2.12. The van der Waals surface area contributed by atoms with Gasteiger partial charge in [-0.25, -0.2) is 0 Å². The maximum absolute atomic E-state index is 12.5. The molecule has 0 saturated heterocycles. The average molecular weight is 411 g/mol. The molecule has 1 heterocycles. The van der Waals surface area contributed by atoms with Crippen LogP contribution in [0.2, 0.25) is 5.02 Å². The minimum absolute atomic E-state index is 0.0911. The quantitative estimate of drug-likeness (QED) is 0.401. The maximum atomic E-state index is 12.5. The zero-order valence-corrected chi connectivity index (χ0v) is 17.7. The molecular weight excluding hydrogens is 388 g/mol. The maximum Gasteiger partial charge on any atom is 0.185 e. The van der Waals surface area contributed by atoms with Gasteiger partial charge < -0.3 is 9.47 Å². The second-order valence-electron chi connectivity index (χ2n) is 6.64. The van der Waals surface area contributed by atoms with Gasteiger partial charge in [-0.1, -0.05) is 35.9 Å². The van der Waals surface area contributed by atoms with Crippen LogP contribution in [0.15, 0.2) is 48.5 Å². The number of hydrogen-bond donors (Lipinski definition) is 0. The van der Waals surface area contributed by atoms with E-state index in [9.17, 15) is 4.79 Å². The molecule has 5 nitrogen and oxygen atoms in total. The van der Waals surface area contributed by atoms with Gasteiger partial charge >= 0.3 is 0 Å². The SMILES string of the molecule is COc1cccc(C(=O)/C=C/c2ccc(OC)c(Cn3nc(C)c(Cl)c3C)c2)c1. The molecule has 3 rings (SSSR count). The van der Waals surface area contributed by atoms with Crippen molar-refractivity contribution in [2.75, 3.05) is 14.2 Å². The zero-order chi connectivity index (χ0) is 21.0. The Balaban J connectivity index is 1.85. The summed E-state index contributed by atoms with van der Waals surface area (Å²) in [5.74, 6) is 1.32. The molecule has 6 heteroatoms. The summed E-state index contributed by atoms with van der Waals surface area (Å²) in [6.45, 7) is 4.34. The largest absolute Gasteiger partial charge is 0.497 e. The van der Waals surface area contributed by atoms with Crippen LogP contribution in [-0.2, 0) is 6.54 Å². The monoisotopic (exact) mass is 410 g/mol. The fourth-order valence-electron chi connectivity index (χ4n) is 3.06. The first-order valence-corrected chi connectivity index (χ1v) is 9.53. The number of nitrogens with zero attached hydrogens (tertiary/aromatic N) is 2. The topological polar surface area (TPSA) is 53.4 Å². The first-order valence-electron chi connectivity index (χ1n) is 9.15. The third-order valence-electron chi connectivity index (χ3n) is 4.70. The second-order valence-corrected chi connectivity index (χ2v) is 7.02. The molecule has 0 atom stereocenters. The summed E-state index contributed by atoms with van der Waals surface area (Å²) in [5, 5.41) is 5.16. The first-order chi connectivity index (χ1) is 13.9. The standard InChI is InChI=1S/C23H23ClN2O3/c1-15-23(24)16(2)26(25-15)14-19-12-17(9-11-22(19)29-4)8-10-21(27)18-6-5-7-20(13-18)28-3/h5-13H,14H2,1-4H3/b10-8+. The molecule has 150 valence electrons. The summed E-state index contributed by atoms with van der Waals surface area (Å²) in [6, 6.07) is 12.9. The summed E-state index contributed by atoms with van der Waals surface area (Å²) < 4.78 is 12.5. The van der Waals surface area contributed by atoms with Crippen LogP contribution in [0.3, 0.4) is 0 Å². The molecule has 0 aliphatic heterocycles.